The summed E-state index contributed by atoms with van der Waals surface area (Å²) in [6, 6.07) is 3.83. The quantitative estimate of drug-likeness (QED) is 0.748. The number of hydrogen-bond donors (Lipinski definition) is 2. The van der Waals surface area contributed by atoms with Crippen molar-refractivity contribution in [1.29, 1.82) is 5.26 Å². The number of aliphatic hydroxyl groups excluding tert-OH is 1. The molecule has 1 heterocycles. The fraction of sp³-hybridized carbons (Fsp3) is 0.500. The molecule has 0 radical (unpaired) electrons. The standard InChI is InChI=1S/C10H14N4O/c1-8(3-2-6-15)13-10-9(7-11)4-5-12-14-10/h4-5,8,15H,2-3,6H2,1H3,(H,13,14). The predicted molar refractivity (Wildman–Crippen MR) is 56.2 cm³/mol. The topological polar surface area (TPSA) is 81.8 Å². The van der Waals surface area contributed by atoms with Crippen LogP contribution in [0.4, 0.5) is 5.82 Å². The van der Waals surface area contributed by atoms with Gasteiger partial charge in [-0.05, 0) is 25.8 Å². The van der Waals surface area contributed by atoms with Gasteiger partial charge in [0.15, 0.2) is 5.82 Å². The van der Waals surface area contributed by atoms with Crippen LogP contribution >= 0.6 is 0 Å². The van der Waals surface area contributed by atoms with Gasteiger partial charge in [-0.1, -0.05) is 0 Å². The summed E-state index contributed by atoms with van der Waals surface area (Å²) in [4.78, 5) is 0. The third-order valence-corrected chi connectivity index (χ3v) is 2.02. The van der Waals surface area contributed by atoms with Crippen molar-refractivity contribution in [2.45, 2.75) is 25.8 Å². The smallest absolute Gasteiger partial charge is 0.166 e. The van der Waals surface area contributed by atoms with E-state index in [1.807, 2.05) is 13.0 Å². The molecule has 0 aliphatic heterocycles. The lowest BCUT2D eigenvalue weighted by atomic mass is 10.2. The summed E-state index contributed by atoms with van der Waals surface area (Å²) in [6.45, 7) is 2.16. The van der Waals surface area contributed by atoms with E-state index in [1.165, 1.54) is 6.20 Å². The normalized spacial score (nSPS) is 11.8. The average Bonchev–Trinajstić information content (AvgIpc) is 2.27. The highest BCUT2D eigenvalue weighted by atomic mass is 16.2. The van der Waals surface area contributed by atoms with Gasteiger partial charge >= 0.3 is 0 Å². The van der Waals surface area contributed by atoms with Gasteiger partial charge in [-0.2, -0.15) is 10.4 Å². The number of anilines is 1. The van der Waals surface area contributed by atoms with E-state index in [0.717, 1.165) is 12.8 Å². The van der Waals surface area contributed by atoms with E-state index in [2.05, 4.69) is 15.5 Å². The van der Waals surface area contributed by atoms with Crippen LogP contribution in [0.25, 0.3) is 0 Å². The minimum atomic E-state index is 0.168. The molecule has 1 rings (SSSR count). The highest BCUT2D eigenvalue weighted by molar-refractivity contribution is 5.50. The second kappa shape index (κ2) is 5.94. The molecule has 0 amide bonds. The Bertz CT molecular complexity index is 348. The third kappa shape index (κ3) is 3.52. The Morgan fingerprint density at radius 1 is 1.67 bits per heavy atom. The summed E-state index contributed by atoms with van der Waals surface area (Å²) < 4.78 is 0. The molecule has 1 unspecified atom stereocenters. The van der Waals surface area contributed by atoms with E-state index in [0.29, 0.717) is 11.4 Å². The van der Waals surface area contributed by atoms with Crippen LogP contribution in [0.3, 0.4) is 0 Å². The molecule has 80 valence electrons. The molecule has 0 aliphatic carbocycles. The van der Waals surface area contributed by atoms with Crippen molar-refractivity contribution in [3.8, 4) is 6.07 Å². The zero-order valence-corrected chi connectivity index (χ0v) is 8.64. The predicted octanol–water partition coefficient (Wildman–Crippen LogP) is 0.921. The van der Waals surface area contributed by atoms with Crippen molar-refractivity contribution < 1.29 is 5.11 Å². The number of nitrogens with zero attached hydrogens (tertiary/aromatic N) is 3. The molecule has 0 fully saturated rings. The Kier molecular flexibility index (Phi) is 4.51. The van der Waals surface area contributed by atoms with E-state index < -0.39 is 0 Å². The maximum absolute atomic E-state index is 8.81. The van der Waals surface area contributed by atoms with Crippen molar-refractivity contribution in [2.24, 2.45) is 0 Å². The number of rotatable bonds is 5. The molecular formula is C10H14N4O. The first-order valence-electron chi connectivity index (χ1n) is 4.87. The van der Waals surface area contributed by atoms with Crippen LogP contribution in [-0.4, -0.2) is 28.0 Å². The van der Waals surface area contributed by atoms with Gasteiger partial charge < -0.3 is 10.4 Å². The number of aliphatic hydroxyl groups is 1. The van der Waals surface area contributed by atoms with E-state index in [-0.39, 0.29) is 12.6 Å². The van der Waals surface area contributed by atoms with E-state index >= 15 is 0 Å². The maximum atomic E-state index is 8.81. The average molecular weight is 206 g/mol. The molecule has 2 N–H and O–H groups in total. The molecule has 1 aromatic rings. The third-order valence-electron chi connectivity index (χ3n) is 2.02. The molecule has 0 saturated heterocycles. The number of nitrogens with one attached hydrogen (secondary N) is 1. The summed E-state index contributed by atoms with van der Waals surface area (Å²) in [5.74, 6) is 0.505. The van der Waals surface area contributed by atoms with E-state index in [1.54, 1.807) is 6.07 Å². The van der Waals surface area contributed by atoms with Crippen LogP contribution in [0, 0.1) is 11.3 Å². The summed E-state index contributed by atoms with van der Waals surface area (Å²) in [5, 5.41) is 28.1. The summed E-state index contributed by atoms with van der Waals surface area (Å²) >= 11 is 0. The molecule has 0 bridgehead atoms. The monoisotopic (exact) mass is 206 g/mol. The summed E-state index contributed by atoms with van der Waals surface area (Å²) in [7, 11) is 0. The summed E-state index contributed by atoms with van der Waals surface area (Å²) in [5.41, 5.74) is 0.487. The minimum Gasteiger partial charge on any atom is -0.396 e. The van der Waals surface area contributed by atoms with Crippen LogP contribution in [0.5, 0.6) is 0 Å². The SMILES string of the molecule is CC(CCCO)Nc1nnccc1C#N. The minimum absolute atomic E-state index is 0.168. The van der Waals surface area contributed by atoms with Gasteiger partial charge in [-0.3, -0.25) is 0 Å². The Morgan fingerprint density at radius 3 is 3.13 bits per heavy atom. The summed E-state index contributed by atoms with van der Waals surface area (Å²) in [6.07, 6.45) is 3.05. The lowest BCUT2D eigenvalue weighted by Crippen LogP contribution is -2.17. The van der Waals surface area contributed by atoms with Gasteiger partial charge in [0, 0.05) is 12.6 Å². The van der Waals surface area contributed by atoms with Gasteiger partial charge in [0.1, 0.15) is 6.07 Å². The van der Waals surface area contributed by atoms with Crippen molar-refractivity contribution in [2.75, 3.05) is 11.9 Å². The second-order valence-corrected chi connectivity index (χ2v) is 3.32. The number of aromatic nitrogens is 2. The van der Waals surface area contributed by atoms with Crippen molar-refractivity contribution in [1.82, 2.24) is 10.2 Å². The van der Waals surface area contributed by atoms with Crippen LogP contribution in [0.2, 0.25) is 0 Å². The Hall–Kier alpha value is -1.67. The van der Waals surface area contributed by atoms with E-state index in [4.69, 9.17) is 10.4 Å². The second-order valence-electron chi connectivity index (χ2n) is 3.32. The fourth-order valence-electron chi connectivity index (χ4n) is 1.23. The largest absolute Gasteiger partial charge is 0.396 e. The van der Waals surface area contributed by atoms with Crippen LogP contribution in [0.1, 0.15) is 25.3 Å². The molecule has 5 heteroatoms. The van der Waals surface area contributed by atoms with Crippen LogP contribution < -0.4 is 5.32 Å². The molecular weight excluding hydrogens is 192 g/mol. The Balaban J connectivity index is 2.60. The highest BCUT2D eigenvalue weighted by Crippen LogP contribution is 2.11. The fourth-order valence-corrected chi connectivity index (χ4v) is 1.23. The van der Waals surface area contributed by atoms with Gasteiger partial charge in [0.25, 0.3) is 0 Å². The van der Waals surface area contributed by atoms with E-state index in [9.17, 15) is 0 Å². The number of hydrogen-bond acceptors (Lipinski definition) is 5. The van der Waals surface area contributed by atoms with Gasteiger partial charge in [0.05, 0.1) is 11.8 Å². The zero-order valence-electron chi connectivity index (χ0n) is 8.64. The molecule has 0 aromatic carbocycles. The molecule has 1 aromatic heterocycles. The van der Waals surface area contributed by atoms with Crippen LogP contribution in [-0.2, 0) is 0 Å². The van der Waals surface area contributed by atoms with Crippen LogP contribution in [0.15, 0.2) is 12.3 Å². The number of nitriles is 1. The van der Waals surface area contributed by atoms with Crippen molar-refractivity contribution >= 4 is 5.82 Å². The van der Waals surface area contributed by atoms with Gasteiger partial charge in [-0.15, -0.1) is 5.10 Å². The Morgan fingerprint density at radius 2 is 2.47 bits per heavy atom. The molecule has 5 nitrogen and oxygen atoms in total. The Labute approximate surface area is 88.8 Å². The van der Waals surface area contributed by atoms with Crippen molar-refractivity contribution in [3.05, 3.63) is 17.8 Å². The molecule has 1 atom stereocenters. The molecule has 0 spiro atoms. The first-order valence-corrected chi connectivity index (χ1v) is 4.87. The molecule has 0 aliphatic rings. The maximum Gasteiger partial charge on any atom is 0.166 e. The molecule has 15 heavy (non-hydrogen) atoms. The van der Waals surface area contributed by atoms with Gasteiger partial charge in [-0.25, -0.2) is 0 Å². The lowest BCUT2D eigenvalue weighted by molar-refractivity contribution is 0.282. The highest BCUT2D eigenvalue weighted by Gasteiger charge is 2.06. The van der Waals surface area contributed by atoms with Gasteiger partial charge in [0.2, 0.25) is 0 Å². The first kappa shape index (κ1) is 11.4. The lowest BCUT2D eigenvalue weighted by Gasteiger charge is -2.13. The molecule has 0 saturated carbocycles. The zero-order chi connectivity index (χ0) is 11.1. The first-order chi connectivity index (χ1) is 7.27. The van der Waals surface area contributed by atoms with Crippen molar-refractivity contribution in [3.63, 3.8) is 0 Å².